The number of nitrogens with zero attached hydrogens (tertiary/aromatic N) is 2. The normalized spacial score (nSPS) is 10.7. The van der Waals surface area contributed by atoms with E-state index in [2.05, 4.69) is 5.10 Å². The summed E-state index contributed by atoms with van der Waals surface area (Å²) in [5, 5.41) is 5.36. The minimum atomic E-state index is 0.426. The first-order chi connectivity index (χ1) is 10.7. The smallest absolute Gasteiger partial charge is 0.118 e. The molecular weight excluding hydrogens is 298 g/mol. The molecule has 0 bridgehead atoms. The van der Waals surface area contributed by atoms with Gasteiger partial charge in [0.05, 0.1) is 18.5 Å². The Hall–Kier alpha value is -2.30. The fourth-order valence-electron chi connectivity index (χ4n) is 2.28. The molecule has 0 atom stereocenters. The largest absolute Gasteiger partial charge is 0.497 e. The van der Waals surface area contributed by atoms with Crippen LogP contribution >= 0.6 is 11.6 Å². The average molecular weight is 314 g/mol. The molecule has 5 heteroatoms. The Morgan fingerprint density at radius 3 is 2.36 bits per heavy atom. The van der Waals surface area contributed by atoms with E-state index in [0.717, 1.165) is 28.3 Å². The van der Waals surface area contributed by atoms with Gasteiger partial charge in [-0.05, 0) is 48.5 Å². The van der Waals surface area contributed by atoms with Crippen LogP contribution in [0, 0.1) is 0 Å². The maximum absolute atomic E-state index is 5.93. The number of nitrogens with two attached hydrogens (primary N) is 1. The summed E-state index contributed by atoms with van der Waals surface area (Å²) >= 11 is 5.93. The molecule has 0 saturated carbocycles. The number of rotatable bonds is 4. The topological polar surface area (TPSA) is 53.1 Å². The van der Waals surface area contributed by atoms with Gasteiger partial charge < -0.3 is 10.5 Å². The van der Waals surface area contributed by atoms with E-state index < -0.39 is 0 Å². The SMILES string of the molecule is COc1ccc(-c2nn(-c3ccc(Cl)cc3)cc2CN)cc1. The first-order valence-electron chi connectivity index (χ1n) is 6.90. The first kappa shape index (κ1) is 14.6. The number of hydrogen-bond donors (Lipinski definition) is 1. The third-order valence-electron chi connectivity index (χ3n) is 3.46. The zero-order chi connectivity index (χ0) is 15.5. The summed E-state index contributed by atoms with van der Waals surface area (Å²) in [5.74, 6) is 0.815. The molecule has 22 heavy (non-hydrogen) atoms. The molecule has 0 radical (unpaired) electrons. The summed E-state index contributed by atoms with van der Waals surface area (Å²) < 4.78 is 7.00. The number of benzene rings is 2. The van der Waals surface area contributed by atoms with Crippen LogP contribution in [-0.2, 0) is 6.54 Å². The van der Waals surface area contributed by atoms with Crippen LogP contribution in [-0.4, -0.2) is 16.9 Å². The van der Waals surface area contributed by atoms with E-state index >= 15 is 0 Å². The summed E-state index contributed by atoms with van der Waals surface area (Å²) in [6.45, 7) is 0.426. The number of methoxy groups -OCH3 is 1. The molecule has 0 aliphatic rings. The van der Waals surface area contributed by atoms with Crippen LogP contribution in [0.15, 0.2) is 54.7 Å². The first-order valence-corrected chi connectivity index (χ1v) is 7.28. The molecule has 2 N–H and O–H groups in total. The van der Waals surface area contributed by atoms with Crippen LogP contribution in [0.1, 0.15) is 5.56 Å². The molecule has 0 amide bonds. The third-order valence-corrected chi connectivity index (χ3v) is 3.72. The number of hydrogen-bond acceptors (Lipinski definition) is 3. The summed E-state index contributed by atoms with van der Waals surface area (Å²) in [4.78, 5) is 0. The highest BCUT2D eigenvalue weighted by Gasteiger charge is 2.11. The van der Waals surface area contributed by atoms with Gasteiger partial charge in [0, 0.05) is 28.9 Å². The van der Waals surface area contributed by atoms with E-state index in [1.165, 1.54) is 0 Å². The molecule has 0 aliphatic heterocycles. The van der Waals surface area contributed by atoms with Gasteiger partial charge in [0.1, 0.15) is 5.75 Å². The average Bonchev–Trinajstić information content (AvgIpc) is 3.00. The van der Waals surface area contributed by atoms with Gasteiger partial charge in [-0.2, -0.15) is 5.10 Å². The number of ether oxygens (including phenoxy) is 1. The van der Waals surface area contributed by atoms with Crippen molar-refractivity contribution in [3.05, 3.63) is 65.3 Å². The Morgan fingerprint density at radius 1 is 1.09 bits per heavy atom. The molecule has 112 valence electrons. The van der Waals surface area contributed by atoms with Gasteiger partial charge in [-0.1, -0.05) is 11.6 Å². The highest BCUT2D eigenvalue weighted by atomic mass is 35.5. The number of halogens is 1. The van der Waals surface area contributed by atoms with Crippen molar-refractivity contribution in [2.45, 2.75) is 6.54 Å². The Morgan fingerprint density at radius 2 is 1.77 bits per heavy atom. The molecule has 0 aliphatic carbocycles. The molecule has 1 heterocycles. The molecule has 0 fully saturated rings. The lowest BCUT2D eigenvalue weighted by Crippen LogP contribution is -1.96. The van der Waals surface area contributed by atoms with Crippen molar-refractivity contribution in [1.82, 2.24) is 9.78 Å². The van der Waals surface area contributed by atoms with Crippen LogP contribution in [0.4, 0.5) is 0 Å². The van der Waals surface area contributed by atoms with Gasteiger partial charge in [0.2, 0.25) is 0 Å². The third kappa shape index (κ3) is 2.84. The molecular formula is C17H16ClN3O. The Labute approximate surface area is 134 Å². The zero-order valence-corrected chi connectivity index (χ0v) is 12.9. The van der Waals surface area contributed by atoms with Crippen LogP contribution in [0.2, 0.25) is 5.02 Å². The fraction of sp³-hybridized carbons (Fsp3) is 0.118. The quantitative estimate of drug-likeness (QED) is 0.799. The summed E-state index contributed by atoms with van der Waals surface area (Å²) in [6, 6.07) is 15.3. The van der Waals surface area contributed by atoms with E-state index in [0.29, 0.717) is 11.6 Å². The van der Waals surface area contributed by atoms with Gasteiger partial charge in [-0.25, -0.2) is 4.68 Å². The van der Waals surface area contributed by atoms with Gasteiger partial charge >= 0.3 is 0 Å². The summed E-state index contributed by atoms with van der Waals surface area (Å²) in [7, 11) is 1.65. The second-order valence-corrected chi connectivity index (χ2v) is 5.29. The lowest BCUT2D eigenvalue weighted by molar-refractivity contribution is 0.415. The molecule has 3 aromatic rings. The zero-order valence-electron chi connectivity index (χ0n) is 12.2. The molecule has 0 unspecified atom stereocenters. The van der Waals surface area contributed by atoms with Gasteiger partial charge in [-0.3, -0.25) is 0 Å². The van der Waals surface area contributed by atoms with Gasteiger partial charge in [0.15, 0.2) is 0 Å². The minimum absolute atomic E-state index is 0.426. The van der Waals surface area contributed by atoms with Crippen molar-refractivity contribution in [2.24, 2.45) is 5.73 Å². The Kier molecular flexibility index (Phi) is 4.13. The van der Waals surface area contributed by atoms with Crippen molar-refractivity contribution in [2.75, 3.05) is 7.11 Å². The van der Waals surface area contributed by atoms with Crippen molar-refractivity contribution in [3.8, 4) is 22.7 Å². The second-order valence-electron chi connectivity index (χ2n) is 4.86. The molecule has 2 aromatic carbocycles. The molecule has 0 spiro atoms. The summed E-state index contributed by atoms with van der Waals surface area (Å²) in [5.41, 5.74) is 9.67. The van der Waals surface area contributed by atoms with Crippen molar-refractivity contribution < 1.29 is 4.74 Å². The fourth-order valence-corrected chi connectivity index (χ4v) is 2.40. The van der Waals surface area contributed by atoms with Crippen molar-refractivity contribution in [1.29, 1.82) is 0 Å². The van der Waals surface area contributed by atoms with Crippen LogP contribution in [0.25, 0.3) is 16.9 Å². The highest BCUT2D eigenvalue weighted by Crippen LogP contribution is 2.25. The molecule has 4 nitrogen and oxygen atoms in total. The number of aromatic nitrogens is 2. The van der Waals surface area contributed by atoms with E-state index in [-0.39, 0.29) is 0 Å². The van der Waals surface area contributed by atoms with Crippen LogP contribution < -0.4 is 10.5 Å². The highest BCUT2D eigenvalue weighted by molar-refractivity contribution is 6.30. The second kappa shape index (κ2) is 6.22. The standard InChI is InChI=1S/C17H16ClN3O/c1-22-16-8-2-12(3-9-16)17-13(10-19)11-21(20-17)15-6-4-14(18)5-7-15/h2-9,11H,10,19H2,1H3. The molecule has 1 aromatic heterocycles. The molecule has 0 saturated heterocycles. The predicted octanol–water partition coefficient (Wildman–Crippen LogP) is 3.66. The van der Waals surface area contributed by atoms with E-state index in [1.54, 1.807) is 7.11 Å². The Bertz CT molecular complexity index is 764. The van der Waals surface area contributed by atoms with Gasteiger partial charge in [0.25, 0.3) is 0 Å². The van der Waals surface area contributed by atoms with Crippen LogP contribution in [0.3, 0.4) is 0 Å². The predicted molar refractivity (Wildman–Crippen MR) is 88.5 cm³/mol. The lowest BCUT2D eigenvalue weighted by Gasteiger charge is -2.03. The monoisotopic (exact) mass is 313 g/mol. The minimum Gasteiger partial charge on any atom is -0.497 e. The molecule has 3 rings (SSSR count). The maximum atomic E-state index is 5.93. The van der Waals surface area contributed by atoms with E-state index in [9.17, 15) is 0 Å². The Balaban J connectivity index is 2.02. The van der Waals surface area contributed by atoms with Crippen molar-refractivity contribution >= 4 is 11.6 Å². The maximum Gasteiger partial charge on any atom is 0.118 e. The van der Waals surface area contributed by atoms with E-state index in [1.807, 2.05) is 59.4 Å². The van der Waals surface area contributed by atoms with E-state index in [4.69, 9.17) is 22.1 Å². The van der Waals surface area contributed by atoms with Crippen LogP contribution in [0.5, 0.6) is 5.75 Å². The van der Waals surface area contributed by atoms with Gasteiger partial charge in [-0.15, -0.1) is 0 Å². The summed E-state index contributed by atoms with van der Waals surface area (Å²) in [6.07, 6.45) is 1.95. The van der Waals surface area contributed by atoms with Crippen molar-refractivity contribution in [3.63, 3.8) is 0 Å². The lowest BCUT2D eigenvalue weighted by atomic mass is 10.1.